The van der Waals surface area contributed by atoms with E-state index in [0.29, 0.717) is 0 Å². The lowest BCUT2D eigenvalue weighted by Crippen LogP contribution is -2.83. The third kappa shape index (κ3) is 2.00. The van der Waals surface area contributed by atoms with E-state index < -0.39 is 82.5 Å². The molecule has 130 valence electrons. The number of aliphatic carboxylic acids is 2. The van der Waals surface area contributed by atoms with Gasteiger partial charge in [-0.3, -0.25) is 19.2 Å². The minimum Gasteiger partial charge on any atom is -0.545 e. The highest BCUT2D eigenvalue weighted by atomic mass is 16.5. The van der Waals surface area contributed by atoms with Crippen LogP contribution >= 0.6 is 0 Å². The molecular weight excluding hydrogens is 332 g/mol. The van der Waals surface area contributed by atoms with Crippen molar-refractivity contribution in [1.29, 1.82) is 0 Å². The number of nitrogens with zero attached hydrogens (tertiary/aromatic N) is 2. The second kappa shape index (κ2) is 5.35. The first kappa shape index (κ1) is 17.5. The molecule has 24 heavy (non-hydrogen) atoms. The monoisotopic (exact) mass is 342 g/mol. The molecule has 0 aromatic carbocycles. The molecule has 2 aliphatic heterocycles. The third-order valence-electron chi connectivity index (χ3n) is 3.81. The molecule has 0 radical (unpaired) electrons. The molecule has 2 saturated heterocycles. The molecule has 4 amide bonds. The number of likely N-dealkylation sites (tertiary alicyclic amines) is 2. The van der Waals surface area contributed by atoms with E-state index in [0.717, 1.165) is 0 Å². The molecule has 12 nitrogen and oxygen atoms in total. The molecule has 12 heteroatoms. The summed E-state index contributed by atoms with van der Waals surface area (Å²) in [6, 6.07) is 0. The van der Waals surface area contributed by atoms with Crippen molar-refractivity contribution >= 4 is 35.6 Å². The van der Waals surface area contributed by atoms with Gasteiger partial charge in [0.25, 0.3) is 0 Å². The Hall–Kier alpha value is -2.86. The van der Waals surface area contributed by atoms with Gasteiger partial charge in [-0.1, -0.05) is 0 Å². The number of hydrogen-bond acceptors (Lipinski definition) is 10. The fourth-order valence-electron chi connectivity index (χ4n) is 2.65. The molecule has 2 aliphatic rings. The van der Waals surface area contributed by atoms with Gasteiger partial charge in [-0.15, -0.1) is 0 Å². The van der Waals surface area contributed by atoms with Crippen molar-refractivity contribution in [2.75, 3.05) is 0 Å². The van der Waals surface area contributed by atoms with E-state index in [4.69, 9.17) is 0 Å². The number of carbonyl (C=O) groups excluding carboxylic acids is 6. The van der Waals surface area contributed by atoms with Gasteiger partial charge in [0.1, 0.15) is 0 Å². The van der Waals surface area contributed by atoms with Gasteiger partial charge in [0, 0.05) is 25.7 Å². The van der Waals surface area contributed by atoms with Crippen LogP contribution in [0.15, 0.2) is 0 Å². The second-order valence-corrected chi connectivity index (χ2v) is 5.17. The quantitative estimate of drug-likeness (QED) is 0.454. The van der Waals surface area contributed by atoms with E-state index in [2.05, 4.69) is 0 Å². The normalized spacial score (nSPS) is 23.4. The van der Waals surface area contributed by atoms with Crippen LogP contribution in [0, 0.1) is 0 Å². The molecule has 0 aliphatic carbocycles. The Kier molecular flexibility index (Phi) is 3.90. The Morgan fingerprint density at radius 1 is 0.708 bits per heavy atom. The maximum absolute atomic E-state index is 11.7. The van der Waals surface area contributed by atoms with Crippen LogP contribution < -0.4 is 10.2 Å². The highest BCUT2D eigenvalue weighted by Gasteiger charge is 2.67. The predicted octanol–water partition coefficient (Wildman–Crippen LogP) is -5.84. The molecular formula is C12H10N2O10-2. The van der Waals surface area contributed by atoms with Crippen LogP contribution in [0.2, 0.25) is 0 Å². The fraction of sp³-hybridized carbons (Fsp3) is 0.500. The molecule has 0 unspecified atom stereocenters. The van der Waals surface area contributed by atoms with Gasteiger partial charge >= 0.3 is 0 Å². The van der Waals surface area contributed by atoms with Crippen molar-refractivity contribution < 1.29 is 49.2 Å². The van der Waals surface area contributed by atoms with Gasteiger partial charge in [0.15, 0.2) is 0 Å². The largest absolute Gasteiger partial charge is 0.545 e. The first-order valence-electron chi connectivity index (χ1n) is 6.59. The molecule has 2 atom stereocenters. The Balaban J connectivity index is 2.74. The molecule has 0 spiro atoms. The van der Waals surface area contributed by atoms with Crippen LogP contribution in [-0.2, 0) is 28.8 Å². The standard InChI is InChI=1S/C12H12N2O10/c15-5-1-2-6(16)13(5)11(23,9(19)20)12(24,10(21)22)14-7(17)3-4-8(14)18/h23-24H,1-4H2,(H,19,20)(H,21,22)/p-2/t11-,12-/m0/s1. The maximum Gasteiger partial charge on any atom is 0.243 e. The van der Waals surface area contributed by atoms with E-state index >= 15 is 0 Å². The summed E-state index contributed by atoms with van der Waals surface area (Å²) in [5.74, 6) is -10.9. The Morgan fingerprint density at radius 2 is 0.917 bits per heavy atom. The van der Waals surface area contributed by atoms with Crippen molar-refractivity contribution in [2.24, 2.45) is 0 Å². The van der Waals surface area contributed by atoms with Crippen molar-refractivity contribution in [3.05, 3.63) is 0 Å². The number of imide groups is 2. The van der Waals surface area contributed by atoms with Gasteiger partial charge in [-0.05, 0) is 0 Å². The van der Waals surface area contributed by atoms with Crippen LogP contribution in [0.25, 0.3) is 0 Å². The summed E-state index contributed by atoms with van der Waals surface area (Å²) in [5, 5.41) is 43.5. The lowest BCUT2D eigenvalue weighted by Gasteiger charge is -2.50. The number of carbonyl (C=O) groups is 6. The fourth-order valence-corrected chi connectivity index (χ4v) is 2.65. The molecule has 2 fully saturated rings. The Bertz CT molecular complexity index is 597. The molecule has 2 rings (SSSR count). The van der Waals surface area contributed by atoms with Crippen molar-refractivity contribution in [3.8, 4) is 0 Å². The summed E-state index contributed by atoms with van der Waals surface area (Å²) < 4.78 is 0. The van der Waals surface area contributed by atoms with Crippen LogP contribution in [0.3, 0.4) is 0 Å². The first-order chi connectivity index (χ1) is 11.0. The SMILES string of the molecule is O=C1CCC(=O)N1[C@](O)(C(=O)[O-])[C@@](O)(C(=O)[O-])N1C(=O)CCC1=O. The lowest BCUT2D eigenvalue weighted by atomic mass is 9.95. The van der Waals surface area contributed by atoms with Crippen molar-refractivity contribution in [3.63, 3.8) is 0 Å². The van der Waals surface area contributed by atoms with E-state index in [1.165, 1.54) is 0 Å². The van der Waals surface area contributed by atoms with E-state index in [1.807, 2.05) is 0 Å². The summed E-state index contributed by atoms with van der Waals surface area (Å²) in [6.07, 6.45) is -2.34. The highest BCUT2D eigenvalue weighted by molar-refractivity contribution is 6.11. The van der Waals surface area contributed by atoms with Gasteiger partial charge in [0.2, 0.25) is 35.1 Å². The zero-order chi connectivity index (χ0) is 18.4. The molecule has 0 saturated carbocycles. The van der Waals surface area contributed by atoms with E-state index in [1.54, 1.807) is 0 Å². The Morgan fingerprint density at radius 3 is 1.08 bits per heavy atom. The molecule has 0 aromatic heterocycles. The van der Waals surface area contributed by atoms with Gasteiger partial charge in [0.05, 0.1) is 11.9 Å². The van der Waals surface area contributed by atoms with Crippen molar-refractivity contribution in [1.82, 2.24) is 9.80 Å². The average molecular weight is 342 g/mol. The van der Waals surface area contributed by atoms with Crippen molar-refractivity contribution in [2.45, 2.75) is 37.1 Å². The third-order valence-corrected chi connectivity index (χ3v) is 3.81. The number of aliphatic hydroxyl groups is 2. The number of hydrogen-bond donors (Lipinski definition) is 2. The number of carboxylic acids is 2. The van der Waals surface area contributed by atoms with Gasteiger partial charge < -0.3 is 30.0 Å². The summed E-state index contributed by atoms with van der Waals surface area (Å²) in [5.41, 5.74) is -8.52. The summed E-state index contributed by atoms with van der Waals surface area (Å²) in [4.78, 5) is 68.8. The molecule has 2 heterocycles. The smallest absolute Gasteiger partial charge is 0.243 e. The summed E-state index contributed by atoms with van der Waals surface area (Å²) in [7, 11) is 0. The second-order valence-electron chi connectivity index (χ2n) is 5.17. The van der Waals surface area contributed by atoms with Gasteiger partial charge in [-0.25, -0.2) is 9.80 Å². The van der Waals surface area contributed by atoms with Crippen LogP contribution in [0.5, 0.6) is 0 Å². The Labute approximate surface area is 132 Å². The topological polar surface area (TPSA) is 195 Å². The minimum absolute atomic E-state index is 0.447. The van der Waals surface area contributed by atoms with Crippen LogP contribution in [-0.4, -0.2) is 67.0 Å². The molecule has 0 bridgehead atoms. The molecule has 2 N–H and O–H groups in total. The van der Waals surface area contributed by atoms with Crippen LogP contribution in [0.4, 0.5) is 0 Å². The number of amides is 4. The van der Waals surface area contributed by atoms with E-state index in [-0.39, 0.29) is 0 Å². The minimum atomic E-state index is -4.26. The van der Waals surface area contributed by atoms with E-state index in [9.17, 15) is 49.2 Å². The first-order valence-corrected chi connectivity index (χ1v) is 6.59. The summed E-state index contributed by atoms with van der Waals surface area (Å²) >= 11 is 0. The predicted molar refractivity (Wildman–Crippen MR) is 62.1 cm³/mol. The lowest BCUT2D eigenvalue weighted by molar-refractivity contribution is -0.380. The number of carboxylic acid groups (broad SMARTS) is 2. The zero-order valence-electron chi connectivity index (χ0n) is 11.9. The zero-order valence-corrected chi connectivity index (χ0v) is 11.9. The number of rotatable bonds is 5. The van der Waals surface area contributed by atoms with Crippen LogP contribution in [0.1, 0.15) is 25.7 Å². The molecule has 0 aromatic rings. The summed E-state index contributed by atoms with van der Waals surface area (Å²) in [6.45, 7) is 0. The highest BCUT2D eigenvalue weighted by Crippen LogP contribution is 2.36. The maximum atomic E-state index is 11.7. The average Bonchev–Trinajstić information content (AvgIpc) is 2.99. The van der Waals surface area contributed by atoms with Gasteiger partial charge in [-0.2, -0.15) is 0 Å².